The first-order chi connectivity index (χ1) is 7.80. The monoisotopic (exact) mass is 256 g/mol. The van der Waals surface area contributed by atoms with Gasteiger partial charge in [0.05, 0.1) is 17.0 Å². The summed E-state index contributed by atoms with van der Waals surface area (Å²) < 4.78 is 0. The van der Waals surface area contributed by atoms with Crippen LogP contribution in [-0.2, 0) is 0 Å². The van der Waals surface area contributed by atoms with E-state index in [1.807, 2.05) is 13.1 Å². The van der Waals surface area contributed by atoms with E-state index < -0.39 is 5.60 Å². The van der Waals surface area contributed by atoms with E-state index in [0.29, 0.717) is 11.7 Å². The Morgan fingerprint density at radius 3 is 2.71 bits per heavy atom. The van der Waals surface area contributed by atoms with E-state index in [9.17, 15) is 5.11 Å². The van der Waals surface area contributed by atoms with Gasteiger partial charge in [0.25, 0.3) is 0 Å². The molecule has 1 heterocycles. The predicted molar refractivity (Wildman–Crippen MR) is 70.9 cm³/mol. The second-order valence-electron chi connectivity index (χ2n) is 5.64. The molecule has 0 aromatic heterocycles. The van der Waals surface area contributed by atoms with Gasteiger partial charge < -0.3 is 10.8 Å². The van der Waals surface area contributed by atoms with E-state index in [4.69, 9.17) is 17.3 Å². The molecule has 1 aliphatic heterocycles. The molecule has 0 saturated carbocycles. The Labute approximate surface area is 108 Å². The van der Waals surface area contributed by atoms with E-state index >= 15 is 0 Å². The molecule has 2 rings (SSSR count). The van der Waals surface area contributed by atoms with Crippen LogP contribution in [0.3, 0.4) is 0 Å². The van der Waals surface area contributed by atoms with Crippen LogP contribution in [0.4, 0.5) is 0 Å². The highest BCUT2D eigenvalue weighted by molar-refractivity contribution is 6.21. The summed E-state index contributed by atoms with van der Waals surface area (Å²) in [6.45, 7) is 3.60. The fourth-order valence-corrected chi connectivity index (χ4v) is 3.33. The predicted octanol–water partition coefficient (Wildman–Crippen LogP) is 1.61. The highest BCUT2D eigenvalue weighted by atomic mass is 35.5. The molecule has 3 N–H and O–H groups in total. The summed E-state index contributed by atoms with van der Waals surface area (Å²) in [5.74, 6) is 0. The van der Waals surface area contributed by atoms with Crippen molar-refractivity contribution in [3.8, 4) is 0 Å². The van der Waals surface area contributed by atoms with Crippen LogP contribution >= 0.6 is 11.6 Å². The molecular weight excluding hydrogens is 236 g/mol. The molecule has 17 heavy (non-hydrogen) atoms. The van der Waals surface area contributed by atoms with E-state index in [-0.39, 0.29) is 11.4 Å². The highest BCUT2D eigenvalue weighted by Crippen LogP contribution is 2.35. The van der Waals surface area contributed by atoms with Crippen molar-refractivity contribution in [3.05, 3.63) is 23.4 Å². The van der Waals surface area contributed by atoms with E-state index in [1.54, 1.807) is 13.8 Å². The number of aliphatic hydroxyl groups is 1. The number of allylic oxidation sites excluding steroid dienone is 1. The van der Waals surface area contributed by atoms with Gasteiger partial charge in [-0.05, 0) is 45.4 Å². The van der Waals surface area contributed by atoms with Crippen LogP contribution in [-0.4, -0.2) is 40.1 Å². The normalized spacial score (nSPS) is 35.0. The van der Waals surface area contributed by atoms with Crippen molar-refractivity contribution in [1.29, 1.82) is 0 Å². The Hall–Kier alpha value is -0.510. The van der Waals surface area contributed by atoms with Crippen molar-refractivity contribution in [2.45, 2.75) is 49.8 Å². The lowest BCUT2D eigenvalue weighted by molar-refractivity contribution is -0.00922. The second kappa shape index (κ2) is 4.30. The number of nitrogens with two attached hydrogens (primary N) is 1. The number of halogens is 1. The first-order valence-electron chi connectivity index (χ1n) is 6.08. The molecule has 3 unspecified atom stereocenters. The standard InChI is InChI=1S/C13H21ClN2O/c1-13(2,17)12-10(15)7-8-6-9(14)4-5-11(8)16(12)3/h6-7,9,11-12,17H,4-5,15H2,1-3H3. The molecule has 0 fully saturated rings. The molecule has 0 saturated heterocycles. The van der Waals surface area contributed by atoms with Gasteiger partial charge in [-0.15, -0.1) is 11.6 Å². The molecular formula is C13H21ClN2O. The van der Waals surface area contributed by atoms with Gasteiger partial charge in [-0.2, -0.15) is 0 Å². The Bertz CT molecular complexity index is 370. The first kappa shape index (κ1) is 12.9. The maximum atomic E-state index is 10.2. The molecule has 96 valence electrons. The minimum Gasteiger partial charge on any atom is -0.401 e. The van der Waals surface area contributed by atoms with Gasteiger partial charge in [0.1, 0.15) is 0 Å². The molecule has 0 aromatic rings. The molecule has 1 aliphatic carbocycles. The highest BCUT2D eigenvalue weighted by Gasteiger charge is 2.40. The minimum atomic E-state index is -0.835. The zero-order chi connectivity index (χ0) is 12.8. The van der Waals surface area contributed by atoms with E-state index in [1.165, 1.54) is 5.57 Å². The van der Waals surface area contributed by atoms with Crippen molar-refractivity contribution in [3.63, 3.8) is 0 Å². The summed E-state index contributed by atoms with van der Waals surface area (Å²) in [6.07, 6.45) is 6.07. The topological polar surface area (TPSA) is 49.5 Å². The number of hydrogen-bond donors (Lipinski definition) is 2. The van der Waals surface area contributed by atoms with Gasteiger partial charge in [-0.3, -0.25) is 4.90 Å². The number of fused-ring (bicyclic) bond motifs is 1. The molecule has 0 spiro atoms. The number of hydrogen-bond acceptors (Lipinski definition) is 3. The Morgan fingerprint density at radius 1 is 1.47 bits per heavy atom. The zero-order valence-corrected chi connectivity index (χ0v) is 11.4. The van der Waals surface area contributed by atoms with Gasteiger partial charge in [0.15, 0.2) is 0 Å². The first-order valence-corrected chi connectivity index (χ1v) is 6.51. The largest absolute Gasteiger partial charge is 0.401 e. The van der Waals surface area contributed by atoms with Gasteiger partial charge in [-0.25, -0.2) is 0 Å². The quantitative estimate of drug-likeness (QED) is 0.701. The smallest absolute Gasteiger partial charge is 0.0802 e. The maximum Gasteiger partial charge on any atom is 0.0802 e. The number of likely N-dealkylation sites (N-methyl/N-ethyl adjacent to an activating group) is 1. The van der Waals surface area contributed by atoms with Crippen LogP contribution < -0.4 is 5.73 Å². The van der Waals surface area contributed by atoms with Gasteiger partial charge in [0.2, 0.25) is 0 Å². The average Bonchev–Trinajstić information content (AvgIpc) is 2.13. The Kier molecular flexibility index (Phi) is 3.27. The van der Waals surface area contributed by atoms with Crippen molar-refractivity contribution in [2.24, 2.45) is 5.73 Å². The number of rotatable bonds is 1. The van der Waals surface area contributed by atoms with Crippen LogP contribution in [0.1, 0.15) is 26.7 Å². The van der Waals surface area contributed by atoms with Crippen molar-refractivity contribution >= 4 is 11.6 Å². The third-order valence-electron chi connectivity index (χ3n) is 3.69. The van der Waals surface area contributed by atoms with Crippen LogP contribution in [0.25, 0.3) is 0 Å². The lowest BCUT2D eigenvalue weighted by atomic mass is 9.82. The molecule has 3 nitrogen and oxygen atoms in total. The summed E-state index contributed by atoms with van der Waals surface area (Å²) in [7, 11) is 2.02. The van der Waals surface area contributed by atoms with Crippen molar-refractivity contribution in [1.82, 2.24) is 4.90 Å². The maximum absolute atomic E-state index is 10.2. The molecule has 0 amide bonds. The van der Waals surface area contributed by atoms with Crippen LogP contribution in [0, 0.1) is 0 Å². The fourth-order valence-electron chi connectivity index (χ4n) is 3.06. The Morgan fingerprint density at radius 2 is 2.12 bits per heavy atom. The second-order valence-corrected chi connectivity index (χ2v) is 6.20. The number of nitrogens with zero attached hydrogens (tertiary/aromatic N) is 1. The van der Waals surface area contributed by atoms with Gasteiger partial charge >= 0.3 is 0 Å². The molecule has 0 bridgehead atoms. The van der Waals surface area contributed by atoms with Gasteiger partial charge in [-0.1, -0.05) is 6.08 Å². The SMILES string of the molecule is CN1C2CCC(Cl)C=C2C=C(N)C1C(C)(C)O. The van der Waals surface area contributed by atoms with E-state index in [0.717, 1.165) is 12.8 Å². The van der Waals surface area contributed by atoms with Crippen LogP contribution in [0.15, 0.2) is 23.4 Å². The summed E-state index contributed by atoms with van der Waals surface area (Å²) >= 11 is 6.14. The third kappa shape index (κ3) is 2.37. The van der Waals surface area contributed by atoms with E-state index in [2.05, 4.69) is 11.0 Å². The summed E-state index contributed by atoms with van der Waals surface area (Å²) in [6, 6.07) is 0.199. The average molecular weight is 257 g/mol. The molecule has 3 atom stereocenters. The molecule has 2 aliphatic rings. The molecule has 0 aromatic carbocycles. The lowest BCUT2D eigenvalue weighted by Gasteiger charge is -2.46. The lowest BCUT2D eigenvalue weighted by Crippen LogP contribution is -2.57. The number of alkyl halides is 1. The zero-order valence-electron chi connectivity index (χ0n) is 10.7. The summed E-state index contributed by atoms with van der Waals surface area (Å²) in [5, 5.41) is 10.3. The molecule has 0 radical (unpaired) electrons. The minimum absolute atomic E-state index is 0.109. The summed E-state index contributed by atoms with van der Waals surface area (Å²) in [5.41, 5.74) is 7.16. The Balaban J connectivity index is 2.38. The van der Waals surface area contributed by atoms with Gasteiger partial charge in [0, 0.05) is 11.7 Å². The molecule has 4 heteroatoms. The van der Waals surface area contributed by atoms with Crippen LogP contribution in [0.2, 0.25) is 0 Å². The van der Waals surface area contributed by atoms with Crippen molar-refractivity contribution in [2.75, 3.05) is 7.05 Å². The summed E-state index contributed by atoms with van der Waals surface area (Å²) in [4.78, 5) is 2.17. The van der Waals surface area contributed by atoms with Crippen molar-refractivity contribution < 1.29 is 5.11 Å². The fraction of sp³-hybridized carbons (Fsp3) is 0.692. The van der Waals surface area contributed by atoms with Crippen LogP contribution in [0.5, 0.6) is 0 Å². The third-order valence-corrected chi connectivity index (χ3v) is 4.04.